The van der Waals surface area contributed by atoms with E-state index >= 15 is 0 Å². The van der Waals surface area contributed by atoms with Crippen LogP contribution in [0.5, 0.6) is 0 Å². The summed E-state index contributed by atoms with van der Waals surface area (Å²) < 4.78 is 45.6. The van der Waals surface area contributed by atoms with E-state index in [0.29, 0.717) is 10.6 Å². The van der Waals surface area contributed by atoms with Gasteiger partial charge >= 0.3 is 0 Å². The third-order valence-corrected chi connectivity index (χ3v) is 6.72. The van der Waals surface area contributed by atoms with Crippen molar-refractivity contribution in [2.45, 2.75) is 23.4 Å². The molecule has 1 aromatic heterocycles. The highest BCUT2D eigenvalue weighted by atomic mass is 35.5. The van der Waals surface area contributed by atoms with E-state index in [1.807, 2.05) is 31.2 Å². The minimum absolute atomic E-state index is 0.0141. The van der Waals surface area contributed by atoms with Gasteiger partial charge in [-0.25, -0.2) is 12.8 Å². The molecule has 5 nitrogen and oxygen atoms in total. The summed E-state index contributed by atoms with van der Waals surface area (Å²) in [6, 6.07) is 19.1. The van der Waals surface area contributed by atoms with Crippen molar-refractivity contribution in [2.75, 3.05) is 5.32 Å². The highest BCUT2D eigenvalue weighted by Gasteiger charge is 2.28. The van der Waals surface area contributed by atoms with Crippen molar-refractivity contribution >= 4 is 27.3 Å². The van der Waals surface area contributed by atoms with Crippen LogP contribution < -0.4 is 5.32 Å². The Hall–Kier alpha value is -3.16. The van der Waals surface area contributed by atoms with Gasteiger partial charge in [-0.3, -0.25) is 0 Å². The molecule has 0 aliphatic carbocycles. The standard InChI is InChI=1S/C23H18ClFN2O3S/c1-15-6-8-16(9-7-15)21-27-23(31(28,29)19-12-10-18(25)11-13-19)22(30-21)26-14-17-4-2-3-5-20(17)24/h2-13,26H,14H2,1H3. The summed E-state index contributed by atoms with van der Waals surface area (Å²) in [7, 11) is -4.06. The molecule has 0 amide bonds. The lowest BCUT2D eigenvalue weighted by Crippen LogP contribution is -2.07. The number of oxazole rings is 1. The topological polar surface area (TPSA) is 72.2 Å². The van der Waals surface area contributed by atoms with Crippen LogP contribution in [0.2, 0.25) is 5.02 Å². The van der Waals surface area contributed by atoms with Gasteiger partial charge in [0.05, 0.1) is 4.90 Å². The van der Waals surface area contributed by atoms with E-state index in [2.05, 4.69) is 10.3 Å². The van der Waals surface area contributed by atoms with Gasteiger partial charge < -0.3 is 9.73 Å². The molecule has 0 fully saturated rings. The van der Waals surface area contributed by atoms with E-state index < -0.39 is 15.7 Å². The zero-order valence-electron chi connectivity index (χ0n) is 16.5. The Balaban J connectivity index is 1.77. The lowest BCUT2D eigenvalue weighted by atomic mass is 10.1. The number of aromatic nitrogens is 1. The highest BCUT2D eigenvalue weighted by molar-refractivity contribution is 7.91. The molecule has 1 heterocycles. The number of nitrogens with zero attached hydrogens (tertiary/aromatic N) is 1. The molecule has 0 aliphatic heterocycles. The fourth-order valence-corrected chi connectivity index (χ4v) is 4.44. The summed E-state index contributed by atoms with van der Waals surface area (Å²) in [5.41, 5.74) is 2.45. The van der Waals surface area contributed by atoms with Gasteiger partial charge in [-0.15, -0.1) is 0 Å². The smallest absolute Gasteiger partial charge is 0.234 e. The Bertz CT molecular complexity index is 1320. The number of hydrogen-bond donors (Lipinski definition) is 1. The quantitative estimate of drug-likeness (QED) is 0.366. The SMILES string of the molecule is Cc1ccc(-c2nc(S(=O)(=O)c3ccc(F)cc3)c(NCc3ccccc3Cl)o2)cc1. The van der Waals surface area contributed by atoms with E-state index in [4.69, 9.17) is 16.0 Å². The number of aryl methyl sites for hydroxylation is 1. The molecule has 0 radical (unpaired) electrons. The van der Waals surface area contributed by atoms with Crippen LogP contribution >= 0.6 is 11.6 Å². The zero-order chi connectivity index (χ0) is 22.0. The van der Waals surface area contributed by atoms with Gasteiger partial charge in [-0.05, 0) is 55.0 Å². The van der Waals surface area contributed by atoms with Crippen LogP contribution in [-0.2, 0) is 16.4 Å². The van der Waals surface area contributed by atoms with E-state index in [-0.39, 0.29) is 28.2 Å². The summed E-state index contributed by atoms with van der Waals surface area (Å²) in [4.78, 5) is 4.19. The first-order valence-corrected chi connectivity index (χ1v) is 11.3. The molecular weight excluding hydrogens is 439 g/mol. The molecule has 3 aromatic carbocycles. The largest absolute Gasteiger partial charge is 0.419 e. The van der Waals surface area contributed by atoms with Crippen LogP contribution in [0.1, 0.15) is 11.1 Å². The van der Waals surface area contributed by atoms with E-state index in [1.54, 1.807) is 24.3 Å². The van der Waals surface area contributed by atoms with Crippen molar-refractivity contribution in [3.8, 4) is 11.5 Å². The maximum atomic E-state index is 13.3. The molecule has 0 saturated carbocycles. The normalized spacial score (nSPS) is 11.5. The molecule has 0 saturated heterocycles. The lowest BCUT2D eigenvalue weighted by molar-refractivity contribution is 0.576. The Labute approximate surface area is 184 Å². The van der Waals surface area contributed by atoms with Crippen molar-refractivity contribution in [3.63, 3.8) is 0 Å². The molecule has 0 atom stereocenters. The number of hydrogen-bond acceptors (Lipinski definition) is 5. The monoisotopic (exact) mass is 456 g/mol. The van der Waals surface area contributed by atoms with Crippen LogP contribution in [-0.4, -0.2) is 13.4 Å². The second-order valence-corrected chi connectivity index (χ2v) is 9.19. The predicted molar refractivity (Wildman–Crippen MR) is 117 cm³/mol. The Kier molecular flexibility index (Phi) is 5.80. The van der Waals surface area contributed by atoms with Crippen molar-refractivity contribution in [3.05, 3.63) is 94.8 Å². The van der Waals surface area contributed by atoms with Gasteiger partial charge in [-0.2, -0.15) is 4.98 Å². The third-order valence-electron chi connectivity index (χ3n) is 4.67. The lowest BCUT2D eigenvalue weighted by Gasteiger charge is -2.07. The van der Waals surface area contributed by atoms with Crippen molar-refractivity contribution in [1.29, 1.82) is 0 Å². The predicted octanol–water partition coefficient (Wildman–Crippen LogP) is 5.89. The maximum Gasteiger partial charge on any atom is 0.234 e. The van der Waals surface area contributed by atoms with Gasteiger partial charge in [-0.1, -0.05) is 47.5 Å². The number of rotatable bonds is 6. The van der Waals surface area contributed by atoms with E-state index in [9.17, 15) is 12.8 Å². The molecule has 4 aromatic rings. The van der Waals surface area contributed by atoms with Gasteiger partial charge in [0.1, 0.15) is 5.82 Å². The first kappa shape index (κ1) is 21.1. The Morgan fingerprint density at radius 3 is 2.35 bits per heavy atom. The fourth-order valence-electron chi connectivity index (χ4n) is 2.96. The molecule has 0 unspecified atom stereocenters. The van der Waals surface area contributed by atoms with Crippen LogP contribution in [0.4, 0.5) is 10.3 Å². The number of halogens is 2. The van der Waals surface area contributed by atoms with Gasteiger partial charge in [0.2, 0.25) is 26.6 Å². The van der Waals surface area contributed by atoms with E-state index in [0.717, 1.165) is 23.3 Å². The first-order chi connectivity index (χ1) is 14.8. The Morgan fingerprint density at radius 2 is 1.68 bits per heavy atom. The number of anilines is 1. The van der Waals surface area contributed by atoms with Crippen LogP contribution in [0.3, 0.4) is 0 Å². The summed E-state index contributed by atoms with van der Waals surface area (Å²) in [5, 5.41) is 3.25. The van der Waals surface area contributed by atoms with Crippen LogP contribution in [0.25, 0.3) is 11.5 Å². The second-order valence-electron chi connectivity index (χ2n) is 6.92. The average Bonchev–Trinajstić information content (AvgIpc) is 3.19. The molecule has 31 heavy (non-hydrogen) atoms. The highest BCUT2D eigenvalue weighted by Crippen LogP contribution is 2.33. The number of sulfone groups is 1. The number of benzene rings is 3. The van der Waals surface area contributed by atoms with Gasteiger partial charge in [0.15, 0.2) is 0 Å². The molecule has 0 bridgehead atoms. The molecule has 0 aliphatic rings. The molecule has 158 valence electrons. The summed E-state index contributed by atoms with van der Waals surface area (Å²) >= 11 is 6.21. The zero-order valence-corrected chi connectivity index (χ0v) is 18.0. The summed E-state index contributed by atoms with van der Waals surface area (Å²) in [6.07, 6.45) is 0. The molecule has 4 rings (SSSR count). The molecule has 0 spiro atoms. The molecule has 1 N–H and O–H groups in total. The summed E-state index contributed by atoms with van der Waals surface area (Å²) in [5.74, 6) is -0.390. The Morgan fingerprint density at radius 1 is 1.00 bits per heavy atom. The average molecular weight is 457 g/mol. The maximum absolute atomic E-state index is 13.3. The van der Waals surface area contributed by atoms with E-state index in [1.165, 1.54) is 12.1 Å². The first-order valence-electron chi connectivity index (χ1n) is 9.40. The minimum atomic E-state index is -4.06. The van der Waals surface area contributed by atoms with Crippen molar-refractivity contribution in [2.24, 2.45) is 0 Å². The minimum Gasteiger partial charge on any atom is -0.419 e. The number of nitrogens with one attached hydrogen (secondary N) is 1. The van der Waals surface area contributed by atoms with Crippen molar-refractivity contribution < 1.29 is 17.2 Å². The molecule has 8 heteroatoms. The van der Waals surface area contributed by atoms with Crippen molar-refractivity contribution in [1.82, 2.24) is 4.98 Å². The van der Waals surface area contributed by atoms with Gasteiger partial charge in [0, 0.05) is 17.1 Å². The third kappa shape index (κ3) is 4.47. The second kappa shape index (κ2) is 8.53. The summed E-state index contributed by atoms with van der Waals surface area (Å²) in [6.45, 7) is 2.18. The van der Waals surface area contributed by atoms with Gasteiger partial charge in [0.25, 0.3) is 0 Å². The molecular formula is C23H18ClFN2O3S. The van der Waals surface area contributed by atoms with Crippen LogP contribution in [0, 0.1) is 12.7 Å². The van der Waals surface area contributed by atoms with Crippen LogP contribution in [0.15, 0.2) is 87.1 Å². The fraction of sp³-hybridized carbons (Fsp3) is 0.0870.